The predicted octanol–water partition coefficient (Wildman–Crippen LogP) is 1.51. The lowest BCUT2D eigenvalue weighted by Gasteiger charge is -2.20. The van der Waals surface area contributed by atoms with Crippen molar-refractivity contribution in [2.45, 2.75) is 20.4 Å². The van der Waals surface area contributed by atoms with E-state index in [9.17, 15) is 0 Å². The van der Waals surface area contributed by atoms with Crippen LogP contribution in [0.2, 0.25) is 0 Å². The number of aromatic nitrogens is 2. The third kappa shape index (κ3) is 2.75. The summed E-state index contributed by atoms with van der Waals surface area (Å²) in [5.74, 6) is 0. The molecule has 4 heteroatoms. The van der Waals surface area contributed by atoms with E-state index in [4.69, 9.17) is 5.11 Å². The van der Waals surface area contributed by atoms with E-state index in [1.54, 1.807) is 0 Å². The molecule has 0 saturated carbocycles. The molecule has 68 valence electrons. The summed E-state index contributed by atoms with van der Waals surface area (Å²) in [7, 11) is 0. The molecule has 1 aromatic heterocycles. The zero-order valence-electron chi connectivity index (χ0n) is 7.29. The van der Waals surface area contributed by atoms with Crippen LogP contribution in [0.3, 0.4) is 0 Å². The van der Waals surface area contributed by atoms with Gasteiger partial charge in [-0.25, -0.2) is 0 Å². The first-order valence-corrected chi connectivity index (χ1v) is 4.90. The lowest BCUT2D eigenvalue weighted by atomic mass is 9.95. The second kappa shape index (κ2) is 3.74. The van der Waals surface area contributed by atoms with E-state index < -0.39 is 0 Å². The molecule has 0 radical (unpaired) electrons. The van der Waals surface area contributed by atoms with Gasteiger partial charge in [-0.15, -0.1) is 0 Å². The third-order valence-electron chi connectivity index (χ3n) is 1.62. The maximum atomic E-state index is 9.02. The van der Waals surface area contributed by atoms with Gasteiger partial charge >= 0.3 is 0 Å². The Labute approximate surface area is 85.9 Å². The molecule has 0 aliphatic carbocycles. The van der Waals surface area contributed by atoms with E-state index in [0.29, 0.717) is 0 Å². The second-order valence-corrected chi connectivity index (χ2v) is 4.92. The number of hydrogen-bond donors (Lipinski definition) is 1. The molecule has 1 rings (SSSR count). The average molecular weight is 280 g/mol. The molecule has 0 amide bonds. The molecule has 0 fully saturated rings. The molecule has 12 heavy (non-hydrogen) atoms. The predicted molar refractivity (Wildman–Crippen MR) is 55.8 cm³/mol. The lowest BCUT2D eigenvalue weighted by Crippen LogP contribution is -2.23. The van der Waals surface area contributed by atoms with Crippen molar-refractivity contribution in [3.63, 3.8) is 0 Å². The van der Waals surface area contributed by atoms with Crippen molar-refractivity contribution in [3.8, 4) is 0 Å². The molecular formula is C8H13IN2O. The molecule has 3 nitrogen and oxygen atoms in total. The molecule has 0 aliphatic rings. The van der Waals surface area contributed by atoms with Crippen LogP contribution in [0.15, 0.2) is 12.4 Å². The van der Waals surface area contributed by atoms with Gasteiger partial charge in [0.25, 0.3) is 0 Å². The molecule has 0 atom stereocenters. The van der Waals surface area contributed by atoms with Crippen LogP contribution in [-0.4, -0.2) is 21.5 Å². The zero-order chi connectivity index (χ0) is 9.19. The van der Waals surface area contributed by atoms with Gasteiger partial charge in [-0.2, -0.15) is 5.10 Å². The molecule has 0 aliphatic heterocycles. The van der Waals surface area contributed by atoms with Crippen molar-refractivity contribution >= 4 is 22.6 Å². The standard InChI is InChI=1S/C8H13IN2O/c1-8(2,6-12)5-11-4-7(9)3-10-11/h3-4,12H,5-6H2,1-2H3. The largest absolute Gasteiger partial charge is 0.396 e. The Bertz CT molecular complexity index is 257. The molecule has 0 unspecified atom stereocenters. The van der Waals surface area contributed by atoms with Crippen LogP contribution in [0.25, 0.3) is 0 Å². The van der Waals surface area contributed by atoms with Gasteiger partial charge in [0.05, 0.1) is 9.77 Å². The topological polar surface area (TPSA) is 38.0 Å². The van der Waals surface area contributed by atoms with Crippen LogP contribution in [0.5, 0.6) is 0 Å². The highest BCUT2D eigenvalue weighted by molar-refractivity contribution is 14.1. The highest BCUT2D eigenvalue weighted by Gasteiger charge is 2.17. The Morgan fingerprint density at radius 3 is 2.75 bits per heavy atom. The second-order valence-electron chi connectivity index (χ2n) is 3.68. The smallest absolute Gasteiger partial charge is 0.0623 e. The molecule has 1 heterocycles. The summed E-state index contributed by atoms with van der Waals surface area (Å²) in [5.41, 5.74) is -0.0882. The van der Waals surface area contributed by atoms with E-state index in [2.05, 4.69) is 27.7 Å². The van der Waals surface area contributed by atoms with Gasteiger partial charge in [0.15, 0.2) is 0 Å². The number of halogens is 1. The van der Waals surface area contributed by atoms with Gasteiger partial charge in [-0.3, -0.25) is 4.68 Å². The van der Waals surface area contributed by atoms with Crippen LogP contribution in [0.1, 0.15) is 13.8 Å². The fraction of sp³-hybridized carbons (Fsp3) is 0.625. The van der Waals surface area contributed by atoms with E-state index >= 15 is 0 Å². The first kappa shape index (κ1) is 9.98. The maximum absolute atomic E-state index is 9.02. The van der Waals surface area contributed by atoms with Crippen LogP contribution < -0.4 is 0 Å². The Morgan fingerprint density at radius 2 is 2.33 bits per heavy atom. The van der Waals surface area contributed by atoms with Crippen molar-refractivity contribution < 1.29 is 5.11 Å². The number of aliphatic hydroxyl groups excluding tert-OH is 1. The quantitative estimate of drug-likeness (QED) is 0.852. The van der Waals surface area contributed by atoms with E-state index in [0.717, 1.165) is 10.1 Å². The van der Waals surface area contributed by atoms with Gasteiger partial charge in [0.2, 0.25) is 0 Å². The Morgan fingerprint density at radius 1 is 1.67 bits per heavy atom. The lowest BCUT2D eigenvalue weighted by molar-refractivity contribution is 0.136. The first-order chi connectivity index (χ1) is 5.53. The van der Waals surface area contributed by atoms with Gasteiger partial charge < -0.3 is 5.11 Å². The first-order valence-electron chi connectivity index (χ1n) is 3.82. The molecule has 0 bridgehead atoms. The van der Waals surface area contributed by atoms with Gasteiger partial charge in [-0.1, -0.05) is 13.8 Å². The molecule has 0 saturated heterocycles. The summed E-state index contributed by atoms with van der Waals surface area (Å²) in [6.45, 7) is 4.97. The Balaban J connectivity index is 2.63. The number of rotatable bonds is 3. The number of nitrogens with zero attached hydrogens (tertiary/aromatic N) is 2. The van der Waals surface area contributed by atoms with Crippen LogP contribution in [0.4, 0.5) is 0 Å². The minimum atomic E-state index is -0.0882. The average Bonchev–Trinajstić information content (AvgIpc) is 2.35. The molecule has 1 aromatic rings. The van der Waals surface area contributed by atoms with Crippen molar-refractivity contribution in [2.24, 2.45) is 5.41 Å². The van der Waals surface area contributed by atoms with E-state index in [-0.39, 0.29) is 12.0 Å². The van der Waals surface area contributed by atoms with Gasteiger partial charge in [0.1, 0.15) is 0 Å². The van der Waals surface area contributed by atoms with Gasteiger partial charge in [0, 0.05) is 24.8 Å². The normalized spacial score (nSPS) is 12.0. The highest BCUT2D eigenvalue weighted by atomic mass is 127. The molecule has 1 N–H and O–H groups in total. The van der Waals surface area contributed by atoms with Crippen LogP contribution >= 0.6 is 22.6 Å². The van der Waals surface area contributed by atoms with E-state index in [1.165, 1.54) is 0 Å². The Hall–Kier alpha value is -0.100. The fourth-order valence-electron chi connectivity index (χ4n) is 0.913. The van der Waals surface area contributed by atoms with Gasteiger partial charge in [-0.05, 0) is 22.6 Å². The molecular weight excluding hydrogens is 267 g/mol. The minimum absolute atomic E-state index is 0.0882. The summed E-state index contributed by atoms with van der Waals surface area (Å²) in [5, 5.41) is 13.2. The minimum Gasteiger partial charge on any atom is -0.396 e. The van der Waals surface area contributed by atoms with Crippen molar-refractivity contribution in [1.29, 1.82) is 0 Å². The summed E-state index contributed by atoms with van der Waals surface area (Å²) < 4.78 is 2.99. The zero-order valence-corrected chi connectivity index (χ0v) is 9.45. The molecule has 0 aromatic carbocycles. The van der Waals surface area contributed by atoms with Crippen molar-refractivity contribution in [1.82, 2.24) is 9.78 Å². The van der Waals surface area contributed by atoms with Crippen LogP contribution in [-0.2, 0) is 6.54 Å². The highest BCUT2D eigenvalue weighted by Crippen LogP contribution is 2.16. The number of aliphatic hydroxyl groups is 1. The monoisotopic (exact) mass is 280 g/mol. The summed E-state index contributed by atoms with van der Waals surface area (Å²) in [6.07, 6.45) is 3.78. The van der Waals surface area contributed by atoms with Crippen LogP contribution in [0, 0.1) is 8.99 Å². The number of hydrogen-bond acceptors (Lipinski definition) is 2. The fourth-order valence-corrected chi connectivity index (χ4v) is 1.36. The maximum Gasteiger partial charge on any atom is 0.0623 e. The SMILES string of the molecule is CC(C)(CO)Cn1cc(I)cn1. The van der Waals surface area contributed by atoms with Crippen molar-refractivity contribution in [2.75, 3.05) is 6.61 Å². The summed E-state index contributed by atoms with van der Waals surface area (Å²) in [4.78, 5) is 0. The molecule has 0 spiro atoms. The van der Waals surface area contributed by atoms with E-state index in [1.807, 2.05) is 30.9 Å². The third-order valence-corrected chi connectivity index (χ3v) is 2.18. The summed E-state index contributed by atoms with van der Waals surface area (Å²) >= 11 is 2.22. The summed E-state index contributed by atoms with van der Waals surface area (Å²) in [6, 6.07) is 0. The Kier molecular flexibility index (Phi) is 3.11. The van der Waals surface area contributed by atoms with Crippen molar-refractivity contribution in [3.05, 3.63) is 16.0 Å².